The second kappa shape index (κ2) is 16.1. The Morgan fingerprint density at radius 1 is 0.613 bits per heavy atom. The van der Waals surface area contributed by atoms with Crippen LogP contribution < -0.4 is 14.5 Å². The van der Waals surface area contributed by atoms with E-state index in [1.54, 1.807) is 35.0 Å². The summed E-state index contributed by atoms with van der Waals surface area (Å²) in [4.78, 5) is 8.68. The molecule has 0 unspecified atom stereocenters. The van der Waals surface area contributed by atoms with Crippen LogP contribution in [-0.4, -0.2) is 9.55 Å². The minimum Gasteiger partial charge on any atom is -0.509 e. The molecule has 3 heterocycles. The number of benzene rings is 7. The first kappa shape index (κ1) is 33.2. The van der Waals surface area contributed by atoms with Crippen LogP contribution in [-0.2, 0) is 31.9 Å². The summed E-state index contributed by atoms with van der Waals surface area (Å²) in [5, 5.41) is 0.900. The number of hydrogen-bond acceptors (Lipinski definition) is 4. The van der Waals surface area contributed by atoms with E-state index in [-0.39, 0.29) is 85.8 Å². The first-order valence-corrected chi connectivity index (χ1v) is 20.4. The van der Waals surface area contributed by atoms with E-state index in [9.17, 15) is 2.74 Å². The minimum atomic E-state index is -0.517. The molecule has 6 heteroatoms. The molecule has 62 heavy (non-hydrogen) atoms. The summed E-state index contributed by atoms with van der Waals surface area (Å²) in [6.45, 7) is 14.4. The Bertz CT molecular complexity index is 3410. The minimum absolute atomic E-state index is 0. The zero-order valence-electron chi connectivity index (χ0n) is 42.2. The average molecular weight is 994 g/mol. The molecule has 0 saturated carbocycles. The standard InChI is InChI=1S/C56H47N4O.Pt/c1-55(2,3)40-30-31-57-53(34-40)60-49-25-14-13-24-45(49)46-29-28-44(36-52(46)60)61-43-23-17-22-42(35-43)58-37-59(51-27-16-15-26-50(51)58)54-47(38-18-9-7-10-19-38)32-41(56(4,5)6)33-48(54)39-20-11-8-12-21-39;/h7-34,37H,1-6H3;/q-3;/i13D,14D,17D,24D,25D,32D,33D;. The van der Waals surface area contributed by atoms with E-state index in [1.165, 1.54) is 0 Å². The monoisotopic (exact) mass is 993 g/mol. The predicted molar refractivity (Wildman–Crippen MR) is 252 cm³/mol. The van der Waals surface area contributed by atoms with Crippen LogP contribution in [0.4, 0.5) is 22.7 Å². The number of para-hydroxylation sites is 3. The summed E-state index contributed by atoms with van der Waals surface area (Å²) in [5.41, 5.74) is 7.49. The van der Waals surface area contributed by atoms with Crippen LogP contribution in [0.1, 0.15) is 62.3 Å². The van der Waals surface area contributed by atoms with E-state index in [1.807, 2.05) is 134 Å². The van der Waals surface area contributed by atoms with Crippen molar-refractivity contribution in [3.05, 3.63) is 200 Å². The quantitative estimate of drug-likeness (QED) is 0.149. The summed E-state index contributed by atoms with van der Waals surface area (Å²) in [7, 11) is 0. The maximum Gasteiger partial charge on any atom is 0.135 e. The molecule has 9 aromatic rings. The number of nitrogens with zero attached hydrogens (tertiary/aromatic N) is 4. The molecule has 5 nitrogen and oxygen atoms in total. The van der Waals surface area contributed by atoms with Gasteiger partial charge in [0.15, 0.2) is 0 Å². The molecule has 0 spiro atoms. The molecular weight excluding hydrogens is 940 g/mol. The molecule has 1 aliphatic heterocycles. The van der Waals surface area contributed by atoms with Crippen molar-refractivity contribution in [2.45, 2.75) is 52.4 Å². The Morgan fingerprint density at radius 2 is 1.23 bits per heavy atom. The molecule has 2 aromatic heterocycles. The number of pyridine rings is 1. The van der Waals surface area contributed by atoms with E-state index in [2.05, 4.69) is 32.9 Å². The summed E-state index contributed by atoms with van der Waals surface area (Å²) >= 11 is 0. The topological polar surface area (TPSA) is 33.5 Å². The third-order valence-corrected chi connectivity index (χ3v) is 11.0. The van der Waals surface area contributed by atoms with E-state index in [0.29, 0.717) is 50.2 Å². The zero-order chi connectivity index (χ0) is 48.0. The van der Waals surface area contributed by atoms with Crippen LogP contribution in [0.25, 0.3) is 49.9 Å². The molecule has 0 N–H and O–H groups in total. The van der Waals surface area contributed by atoms with E-state index < -0.39 is 5.41 Å². The van der Waals surface area contributed by atoms with Crippen molar-refractivity contribution in [1.29, 1.82) is 0 Å². The normalized spacial score (nSPS) is 14.3. The molecule has 0 atom stereocenters. The van der Waals surface area contributed by atoms with Gasteiger partial charge < -0.3 is 19.1 Å². The van der Waals surface area contributed by atoms with Gasteiger partial charge in [-0.15, -0.1) is 48.1 Å². The molecule has 7 aromatic carbocycles. The molecule has 0 aliphatic carbocycles. The zero-order valence-corrected chi connectivity index (χ0v) is 37.5. The van der Waals surface area contributed by atoms with Gasteiger partial charge in [-0.05, 0) is 80.9 Å². The Kier molecular flexibility index (Phi) is 8.64. The van der Waals surface area contributed by atoms with Crippen molar-refractivity contribution in [3.63, 3.8) is 0 Å². The van der Waals surface area contributed by atoms with E-state index in [4.69, 9.17) is 16.6 Å². The number of fused-ring (bicyclic) bond motifs is 4. The van der Waals surface area contributed by atoms with Gasteiger partial charge in [0, 0.05) is 73.8 Å². The van der Waals surface area contributed by atoms with Crippen LogP contribution >= 0.6 is 0 Å². The van der Waals surface area contributed by atoms with Gasteiger partial charge in [-0.2, -0.15) is 12.1 Å². The molecule has 1 aliphatic rings. The van der Waals surface area contributed by atoms with E-state index in [0.717, 1.165) is 28.1 Å². The molecular formula is C56H47N4OPt-3. The summed E-state index contributed by atoms with van der Waals surface area (Å²) in [5.74, 6) is 0.979. The van der Waals surface area contributed by atoms with Crippen LogP contribution in [0.15, 0.2) is 170 Å². The van der Waals surface area contributed by atoms with Crippen molar-refractivity contribution in [2.24, 2.45) is 0 Å². The van der Waals surface area contributed by atoms with Gasteiger partial charge in [-0.3, -0.25) is 0 Å². The third-order valence-electron chi connectivity index (χ3n) is 11.0. The van der Waals surface area contributed by atoms with Gasteiger partial charge in [-0.25, -0.2) is 4.98 Å². The van der Waals surface area contributed by atoms with Crippen molar-refractivity contribution in [3.8, 4) is 39.6 Å². The maximum atomic E-state index is 9.86. The predicted octanol–water partition coefficient (Wildman–Crippen LogP) is 14.9. The fraction of sp³-hybridized carbons (Fsp3) is 0.143. The van der Waals surface area contributed by atoms with E-state index >= 15 is 0 Å². The molecule has 0 saturated heterocycles. The molecule has 0 bridgehead atoms. The van der Waals surface area contributed by atoms with Crippen molar-refractivity contribution in [1.82, 2.24) is 9.55 Å². The Balaban J connectivity index is 0.00000593. The number of anilines is 4. The summed E-state index contributed by atoms with van der Waals surface area (Å²) in [6, 6.07) is 44.8. The van der Waals surface area contributed by atoms with Crippen molar-refractivity contribution in [2.75, 3.05) is 9.80 Å². The first-order valence-electron chi connectivity index (χ1n) is 23.9. The molecule has 10 rings (SSSR count). The van der Waals surface area contributed by atoms with Crippen molar-refractivity contribution < 1.29 is 35.4 Å². The fourth-order valence-electron chi connectivity index (χ4n) is 7.87. The number of hydrogen-bond donors (Lipinski definition) is 0. The first-order chi connectivity index (χ1) is 32.4. The van der Waals surface area contributed by atoms with Gasteiger partial charge in [0.1, 0.15) is 5.82 Å². The Labute approximate surface area is 389 Å². The van der Waals surface area contributed by atoms with Crippen LogP contribution in [0.3, 0.4) is 0 Å². The average Bonchev–Trinajstić information content (AvgIpc) is 3.86. The summed E-state index contributed by atoms with van der Waals surface area (Å²) in [6.07, 6.45) is 1.70. The molecule has 310 valence electrons. The maximum absolute atomic E-state index is 9.86. The molecule has 0 radical (unpaired) electrons. The SMILES string of the molecule is [2H]c1cc(Oc2[c-]c3c(cc2)c2c([2H])c([2H])c([2H])c([2H])c2n3-c2cc(C(C)(C)C)ccn2)[c-]c(N2[CH-]N(c3c(-c4ccccc4)c([2H])c(C(C)(C)C)c([2H])c3-c3ccccc3)c3ccccc32)c1.[Pt]. The smallest absolute Gasteiger partial charge is 0.135 e. The van der Waals surface area contributed by atoms with Gasteiger partial charge in [-0.1, -0.05) is 138 Å². The van der Waals surface area contributed by atoms with Crippen LogP contribution in [0.2, 0.25) is 0 Å². The van der Waals surface area contributed by atoms with Crippen LogP contribution in [0, 0.1) is 18.8 Å². The number of rotatable bonds is 7. The second-order valence-corrected chi connectivity index (χ2v) is 17.3. The number of ether oxygens (including phenoxy) is 1. The van der Waals surface area contributed by atoms with Gasteiger partial charge in [0.25, 0.3) is 0 Å². The molecule has 0 amide bonds. The Morgan fingerprint density at radius 3 is 1.89 bits per heavy atom. The third kappa shape index (κ3) is 7.49. The molecule has 0 fully saturated rings. The fourth-order valence-corrected chi connectivity index (χ4v) is 7.87. The Hall–Kier alpha value is -6.42. The number of aromatic nitrogens is 2. The van der Waals surface area contributed by atoms with Crippen molar-refractivity contribution >= 4 is 44.6 Å². The van der Waals surface area contributed by atoms with Gasteiger partial charge >= 0.3 is 0 Å². The van der Waals surface area contributed by atoms with Crippen LogP contribution in [0.5, 0.6) is 11.5 Å². The van der Waals surface area contributed by atoms with Gasteiger partial charge in [0.05, 0.1) is 8.22 Å². The largest absolute Gasteiger partial charge is 0.509 e. The summed E-state index contributed by atoms with van der Waals surface area (Å²) < 4.78 is 72.1. The second-order valence-electron chi connectivity index (χ2n) is 17.3. The van der Waals surface area contributed by atoms with Gasteiger partial charge in [0.2, 0.25) is 0 Å².